The fourth-order valence-corrected chi connectivity index (χ4v) is 2.57. The topological polar surface area (TPSA) is 58.5 Å². The number of aryl methyl sites for hydroxylation is 2. The van der Waals surface area contributed by atoms with Gasteiger partial charge in [0.05, 0.1) is 24.3 Å². The lowest BCUT2D eigenvalue weighted by atomic mass is 10.2. The number of nitrogens with zero attached hydrogens (tertiary/aromatic N) is 2. The van der Waals surface area contributed by atoms with E-state index in [4.69, 9.17) is 4.74 Å². The van der Waals surface area contributed by atoms with Crippen LogP contribution in [0.4, 0.5) is 0 Å². The molecule has 0 unspecified atom stereocenters. The van der Waals surface area contributed by atoms with Gasteiger partial charge < -0.3 is 15.4 Å². The van der Waals surface area contributed by atoms with Gasteiger partial charge in [0.2, 0.25) is 0 Å². The second kappa shape index (κ2) is 8.38. The van der Waals surface area contributed by atoms with Gasteiger partial charge >= 0.3 is 0 Å². The molecular formula is C16H22N4OS. The Morgan fingerprint density at radius 3 is 2.64 bits per heavy atom. The van der Waals surface area contributed by atoms with Crippen molar-refractivity contribution in [2.45, 2.75) is 20.4 Å². The molecular weight excluding hydrogens is 296 g/mol. The average molecular weight is 318 g/mol. The highest BCUT2D eigenvalue weighted by Gasteiger charge is 2.03. The fourth-order valence-electron chi connectivity index (χ4n) is 1.85. The highest BCUT2D eigenvalue weighted by molar-refractivity contribution is 7.09. The second-order valence-corrected chi connectivity index (χ2v) is 5.81. The van der Waals surface area contributed by atoms with Gasteiger partial charge in [-0.3, -0.25) is 4.99 Å². The molecule has 0 amide bonds. The lowest BCUT2D eigenvalue weighted by Gasteiger charge is -2.12. The molecule has 0 saturated heterocycles. The quantitative estimate of drug-likeness (QED) is 0.488. The van der Waals surface area contributed by atoms with Gasteiger partial charge in [-0.2, -0.15) is 0 Å². The van der Waals surface area contributed by atoms with E-state index in [2.05, 4.69) is 27.5 Å². The van der Waals surface area contributed by atoms with E-state index in [1.165, 1.54) is 10.4 Å². The molecule has 0 saturated carbocycles. The van der Waals surface area contributed by atoms with Crippen LogP contribution >= 0.6 is 11.3 Å². The summed E-state index contributed by atoms with van der Waals surface area (Å²) in [5.74, 6) is 1.65. The third-order valence-electron chi connectivity index (χ3n) is 3.17. The molecule has 0 aliphatic rings. The molecule has 2 aromatic rings. The number of hydrogen-bond acceptors (Lipinski definition) is 4. The molecule has 0 atom stereocenters. The first kappa shape index (κ1) is 16.3. The summed E-state index contributed by atoms with van der Waals surface area (Å²) in [6, 6.07) is 8.05. The molecule has 2 N–H and O–H groups in total. The maximum absolute atomic E-state index is 5.67. The van der Waals surface area contributed by atoms with Crippen molar-refractivity contribution in [3.05, 3.63) is 45.9 Å². The van der Waals surface area contributed by atoms with Crippen molar-refractivity contribution in [2.24, 2.45) is 4.99 Å². The summed E-state index contributed by atoms with van der Waals surface area (Å²) in [4.78, 5) is 9.65. The predicted octanol–water partition coefficient (Wildman–Crippen LogP) is 2.50. The van der Waals surface area contributed by atoms with Crippen molar-refractivity contribution in [3.63, 3.8) is 0 Å². The SMILES string of the molecule is CN=C(NCCOc1ccc(C)cc1)NCc1scnc1C. The Balaban J connectivity index is 1.68. The van der Waals surface area contributed by atoms with E-state index in [0.717, 1.165) is 23.9 Å². The van der Waals surface area contributed by atoms with E-state index in [1.54, 1.807) is 18.4 Å². The molecule has 0 aliphatic carbocycles. The molecule has 0 fully saturated rings. The average Bonchev–Trinajstić information content (AvgIpc) is 2.93. The Morgan fingerprint density at radius 1 is 1.23 bits per heavy atom. The third-order valence-corrected chi connectivity index (χ3v) is 4.10. The number of aliphatic imine (C=N–C) groups is 1. The van der Waals surface area contributed by atoms with E-state index in [1.807, 2.05) is 36.7 Å². The minimum absolute atomic E-state index is 0.587. The van der Waals surface area contributed by atoms with Crippen LogP contribution < -0.4 is 15.4 Å². The van der Waals surface area contributed by atoms with E-state index >= 15 is 0 Å². The molecule has 0 spiro atoms. The van der Waals surface area contributed by atoms with E-state index in [-0.39, 0.29) is 0 Å². The maximum atomic E-state index is 5.67. The van der Waals surface area contributed by atoms with Gasteiger partial charge in [0.15, 0.2) is 5.96 Å². The van der Waals surface area contributed by atoms with Gasteiger partial charge in [-0.05, 0) is 26.0 Å². The van der Waals surface area contributed by atoms with Gasteiger partial charge in [0.25, 0.3) is 0 Å². The van der Waals surface area contributed by atoms with E-state index in [0.29, 0.717) is 13.2 Å². The molecule has 0 bridgehead atoms. The molecule has 6 heteroatoms. The molecule has 2 rings (SSSR count). The largest absolute Gasteiger partial charge is 0.492 e. The van der Waals surface area contributed by atoms with Crippen LogP contribution in [0.5, 0.6) is 5.75 Å². The Labute approximate surface area is 135 Å². The summed E-state index contributed by atoms with van der Waals surface area (Å²) in [6.45, 7) is 6.08. The van der Waals surface area contributed by atoms with Crippen molar-refractivity contribution >= 4 is 17.3 Å². The first-order valence-corrected chi connectivity index (χ1v) is 8.10. The van der Waals surface area contributed by atoms with Gasteiger partial charge in [-0.25, -0.2) is 4.98 Å². The summed E-state index contributed by atoms with van der Waals surface area (Å²) in [5, 5.41) is 6.50. The zero-order chi connectivity index (χ0) is 15.8. The smallest absolute Gasteiger partial charge is 0.191 e. The highest BCUT2D eigenvalue weighted by atomic mass is 32.1. The number of aromatic nitrogens is 1. The molecule has 1 aromatic carbocycles. The van der Waals surface area contributed by atoms with Crippen LogP contribution in [0.1, 0.15) is 16.1 Å². The van der Waals surface area contributed by atoms with Crippen molar-refractivity contribution in [3.8, 4) is 5.75 Å². The predicted molar refractivity (Wildman–Crippen MR) is 91.7 cm³/mol. The summed E-state index contributed by atoms with van der Waals surface area (Å²) in [5.41, 5.74) is 4.15. The van der Waals surface area contributed by atoms with E-state index < -0.39 is 0 Å². The van der Waals surface area contributed by atoms with E-state index in [9.17, 15) is 0 Å². The van der Waals surface area contributed by atoms with Crippen LogP contribution in [0.3, 0.4) is 0 Å². The molecule has 1 aromatic heterocycles. The minimum atomic E-state index is 0.587. The van der Waals surface area contributed by atoms with Crippen molar-refractivity contribution in [2.75, 3.05) is 20.2 Å². The Hall–Kier alpha value is -2.08. The first-order valence-electron chi connectivity index (χ1n) is 7.22. The summed E-state index contributed by atoms with van der Waals surface area (Å²) >= 11 is 1.65. The zero-order valence-corrected chi connectivity index (χ0v) is 14.0. The molecule has 118 valence electrons. The monoisotopic (exact) mass is 318 g/mol. The highest BCUT2D eigenvalue weighted by Crippen LogP contribution is 2.11. The van der Waals surface area contributed by atoms with Crippen LogP contribution in [0, 0.1) is 13.8 Å². The lowest BCUT2D eigenvalue weighted by molar-refractivity contribution is 0.322. The summed E-state index contributed by atoms with van der Waals surface area (Å²) in [7, 11) is 1.76. The fraction of sp³-hybridized carbons (Fsp3) is 0.375. The van der Waals surface area contributed by atoms with Crippen molar-refractivity contribution in [1.82, 2.24) is 15.6 Å². The lowest BCUT2D eigenvalue weighted by Crippen LogP contribution is -2.38. The summed E-state index contributed by atoms with van der Waals surface area (Å²) in [6.07, 6.45) is 0. The number of ether oxygens (including phenoxy) is 1. The van der Waals surface area contributed by atoms with Crippen LogP contribution in [0.25, 0.3) is 0 Å². The number of guanidine groups is 1. The zero-order valence-electron chi connectivity index (χ0n) is 13.2. The van der Waals surface area contributed by atoms with Crippen LogP contribution in [-0.2, 0) is 6.54 Å². The normalized spacial score (nSPS) is 11.3. The Bertz CT molecular complexity index is 607. The molecule has 0 aliphatic heterocycles. The van der Waals surface area contributed by atoms with Crippen molar-refractivity contribution in [1.29, 1.82) is 0 Å². The molecule has 0 radical (unpaired) electrons. The second-order valence-electron chi connectivity index (χ2n) is 4.88. The molecule has 22 heavy (non-hydrogen) atoms. The minimum Gasteiger partial charge on any atom is -0.492 e. The van der Waals surface area contributed by atoms with Gasteiger partial charge in [-0.1, -0.05) is 17.7 Å². The number of nitrogens with one attached hydrogen (secondary N) is 2. The summed E-state index contributed by atoms with van der Waals surface area (Å²) < 4.78 is 5.67. The van der Waals surface area contributed by atoms with Gasteiger partial charge in [0.1, 0.15) is 12.4 Å². The van der Waals surface area contributed by atoms with Gasteiger partial charge in [0, 0.05) is 11.9 Å². The van der Waals surface area contributed by atoms with Crippen LogP contribution in [0.2, 0.25) is 0 Å². The standard InChI is InChI=1S/C16H22N4OS/c1-12-4-6-14(7-5-12)21-9-8-18-16(17-3)19-10-15-13(2)20-11-22-15/h4-7,11H,8-10H2,1-3H3,(H2,17,18,19). The number of rotatable bonds is 6. The Kier molecular flexibility index (Phi) is 6.21. The number of hydrogen-bond donors (Lipinski definition) is 2. The van der Waals surface area contributed by atoms with Crippen LogP contribution in [0.15, 0.2) is 34.8 Å². The molecule has 1 heterocycles. The Morgan fingerprint density at radius 2 is 2.00 bits per heavy atom. The van der Waals surface area contributed by atoms with Gasteiger partial charge in [-0.15, -0.1) is 11.3 Å². The van der Waals surface area contributed by atoms with Crippen LogP contribution in [-0.4, -0.2) is 31.1 Å². The molecule has 5 nitrogen and oxygen atoms in total. The van der Waals surface area contributed by atoms with Crippen molar-refractivity contribution < 1.29 is 4.74 Å². The number of thiazole rings is 1. The third kappa shape index (κ3) is 5.04. The first-order chi connectivity index (χ1) is 10.7. The maximum Gasteiger partial charge on any atom is 0.191 e. The number of benzene rings is 1.